The summed E-state index contributed by atoms with van der Waals surface area (Å²) >= 11 is 0. The summed E-state index contributed by atoms with van der Waals surface area (Å²) in [6, 6.07) is 15.3. The zero-order valence-electron chi connectivity index (χ0n) is 16.8. The number of carbonyl (C=O) groups excluding carboxylic acids is 2. The van der Waals surface area contributed by atoms with Crippen LogP contribution >= 0.6 is 12.4 Å². The molecule has 1 N–H and O–H groups in total. The number of ketones is 1. The van der Waals surface area contributed by atoms with Crippen molar-refractivity contribution >= 4 is 34.9 Å². The van der Waals surface area contributed by atoms with E-state index in [-0.39, 0.29) is 24.1 Å². The Morgan fingerprint density at radius 2 is 1.70 bits per heavy atom. The van der Waals surface area contributed by atoms with E-state index in [0.717, 1.165) is 5.56 Å². The number of nitrogens with one attached hydrogen (secondary N) is 1. The highest BCUT2D eigenvalue weighted by Gasteiger charge is 2.41. The van der Waals surface area contributed by atoms with Crippen LogP contribution < -0.4 is 5.32 Å². The van der Waals surface area contributed by atoms with Crippen molar-refractivity contribution in [2.24, 2.45) is 11.8 Å². The molecule has 0 saturated carbocycles. The van der Waals surface area contributed by atoms with Crippen LogP contribution in [-0.2, 0) is 22.1 Å². The van der Waals surface area contributed by atoms with Gasteiger partial charge >= 0.3 is 0 Å². The first-order valence-electron chi connectivity index (χ1n) is 9.58. The number of hydrogen-bond donors (Lipinski definition) is 1. The zero-order valence-corrected chi connectivity index (χ0v) is 18.4. The van der Waals surface area contributed by atoms with Crippen LogP contribution in [0.1, 0.15) is 15.9 Å². The molecule has 1 saturated heterocycles. The van der Waals surface area contributed by atoms with Gasteiger partial charge in [0.05, 0.1) is 5.92 Å². The Morgan fingerprint density at radius 1 is 1.07 bits per heavy atom. The first kappa shape index (κ1) is 24.2. The van der Waals surface area contributed by atoms with Gasteiger partial charge in [-0.05, 0) is 29.8 Å². The Hall–Kier alpha value is -2.09. The number of halogens is 2. The van der Waals surface area contributed by atoms with Crippen molar-refractivity contribution in [1.82, 2.24) is 10.2 Å². The van der Waals surface area contributed by atoms with Crippen LogP contribution in [0.3, 0.4) is 0 Å². The van der Waals surface area contributed by atoms with E-state index >= 15 is 0 Å². The molecule has 1 amide bonds. The van der Waals surface area contributed by atoms with Crippen LogP contribution in [0.2, 0.25) is 0 Å². The topological polar surface area (TPSA) is 66.5 Å². The molecule has 1 unspecified atom stereocenters. The number of rotatable bonds is 8. The van der Waals surface area contributed by atoms with Crippen LogP contribution in [0, 0.1) is 17.7 Å². The number of amides is 1. The Bertz CT molecular complexity index is 880. The molecule has 3 atom stereocenters. The lowest BCUT2D eigenvalue weighted by molar-refractivity contribution is -0.125. The van der Waals surface area contributed by atoms with Gasteiger partial charge in [-0.1, -0.05) is 30.3 Å². The molecular weight excluding hydrogens is 427 g/mol. The molecule has 0 bridgehead atoms. The Morgan fingerprint density at radius 3 is 2.33 bits per heavy atom. The summed E-state index contributed by atoms with van der Waals surface area (Å²) in [4.78, 5) is 28.0. The zero-order chi connectivity index (χ0) is 20.8. The van der Waals surface area contributed by atoms with Crippen molar-refractivity contribution in [2.75, 3.05) is 31.6 Å². The molecule has 8 heteroatoms. The predicted octanol–water partition coefficient (Wildman–Crippen LogP) is 2.67. The van der Waals surface area contributed by atoms with Crippen molar-refractivity contribution in [3.63, 3.8) is 0 Å². The predicted molar refractivity (Wildman–Crippen MR) is 119 cm³/mol. The van der Waals surface area contributed by atoms with E-state index in [9.17, 15) is 18.2 Å². The fourth-order valence-electron chi connectivity index (χ4n) is 3.66. The average Bonchev–Trinajstić information content (AvgIpc) is 3.12. The molecule has 0 aromatic heterocycles. The monoisotopic (exact) mass is 452 g/mol. The molecule has 0 spiro atoms. The molecule has 162 valence electrons. The van der Waals surface area contributed by atoms with Crippen molar-refractivity contribution in [1.29, 1.82) is 0 Å². The molecule has 5 nitrogen and oxygen atoms in total. The van der Waals surface area contributed by atoms with Crippen molar-refractivity contribution in [2.45, 2.75) is 6.54 Å². The van der Waals surface area contributed by atoms with Crippen LogP contribution in [0.5, 0.6) is 0 Å². The number of nitrogens with zero attached hydrogens (tertiary/aromatic N) is 1. The van der Waals surface area contributed by atoms with Gasteiger partial charge in [0.2, 0.25) is 5.91 Å². The third-order valence-electron chi connectivity index (χ3n) is 5.14. The van der Waals surface area contributed by atoms with Gasteiger partial charge in [-0.25, -0.2) is 4.39 Å². The smallest absolute Gasteiger partial charge is 0.225 e. The third-order valence-corrected chi connectivity index (χ3v) is 5.91. The molecule has 1 heterocycles. The number of Topliss-reactive ketones (excluding diaryl/α,β-unsaturated/α-hetero) is 1. The first-order valence-corrected chi connectivity index (χ1v) is 11.3. The maximum absolute atomic E-state index is 13.2. The van der Waals surface area contributed by atoms with E-state index in [1.165, 1.54) is 24.3 Å². The van der Waals surface area contributed by atoms with E-state index in [4.69, 9.17) is 0 Å². The Labute approximate surface area is 184 Å². The number of benzene rings is 2. The van der Waals surface area contributed by atoms with Crippen LogP contribution in [0.15, 0.2) is 54.6 Å². The van der Waals surface area contributed by atoms with Gasteiger partial charge in [-0.2, -0.15) is 0 Å². The van der Waals surface area contributed by atoms with Gasteiger partial charge < -0.3 is 5.32 Å². The number of hydrogen-bond acceptors (Lipinski definition) is 4. The van der Waals surface area contributed by atoms with E-state index in [1.807, 2.05) is 30.3 Å². The summed E-state index contributed by atoms with van der Waals surface area (Å²) in [5.41, 5.74) is 1.52. The second-order valence-electron chi connectivity index (χ2n) is 7.33. The molecule has 0 aliphatic carbocycles. The average molecular weight is 453 g/mol. The van der Waals surface area contributed by atoms with E-state index in [0.29, 0.717) is 37.5 Å². The highest BCUT2D eigenvalue weighted by Crippen LogP contribution is 2.28. The standard InChI is InChI=1S/C22H25FN2O3S.ClH/c1-29(28)12-11-24-22(27)20-15-25(13-16-5-3-2-4-6-16)14-19(20)21(26)17-7-9-18(23)10-8-17;/h2-10,19-20H,11-15H2,1H3,(H,24,27);1H/t19-,20-,29?;/m1./s1. The molecule has 1 aliphatic rings. The summed E-state index contributed by atoms with van der Waals surface area (Å²) < 4.78 is 24.5. The SMILES string of the molecule is CS(=O)CCNC(=O)[C@@H]1CN(Cc2ccccc2)C[C@H]1C(=O)c1ccc(F)cc1.Cl. The highest BCUT2D eigenvalue weighted by atomic mass is 35.5. The lowest BCUT2D eigenvalue weighted by Gasteiger charge is -2.17. The quantitative estimate of drug-likeness (QED) is 0.625. The van der Waals surface area contributed by atoms with Crippen molar-refractivity contribution in [3.05, 3.63) is 71.5 Å². The lowest BCUT2D eigenvalue weighted by atomic mass is 9.88. The van der Waals surface area contributed by atoms with Gasteiger partial charge in [-0.15, -0.1) is 12.4 Å². The van der Waals surface area contributed by atoms with E-state index < -0.39 is 28.5 Å². The van der Waals surface area contributed by atoms with Crippen LogP contribution in [-0.4, -0.2) is 52.4 Å². The molecule has 2 aromatic carbocycles. The van der Waals surface area contributed by atoms with Crippen molar-refractivity contribution in [3.8, 4) is 0 Å². The number of carbonyl (C=O) groups is 2. The fourth-order valence-corrected chi connectivity index (χ4v) is 4.05. The van der Waals surface area contributed by atoms with Gasteiger partial charge in [0, 0.05) is 60.5 Å². The maximum Gasteiger partial charge on any atom is 0.225 e. The largest absolute Gasteiger partial charge is 0.355 e. The molecule has 30 heavy (non-hydrogen) atoms. The minimum absolute atomic E-state index is 0. The number of likely N-dealkylation sites (tertiary alicyclic amines) is 1. The molecule has 2 aromatic rings. The van der Waals surface area contributed by atoms with Gasteiger partial charge in [0.1, 0.15) is 5.82 Å². The highest BCUT2D eigenvalue weighted by molar-refractivity contribution is 7.84. The Kier molecular flexibility index (Phi) is 9.14. The first-order chi connectivity index (χ1) is 13.9. The molecule has 0 radical (unpaired) electrons. The fraction of sp³-hybridized carbons (Fsp3) is 0.364. The van der Waals surface area contributed by atoms with Gasteiger partial charge in [0.25, 0.3) is 0 Å². The maximum atomic E-state index is 13.2. The summed E-state index contributed by atoms with van der Waals surface area (Å²) in [6.45, 7) is 1.89. The van der Waals surface area contributed by atoms with E-state index in [1.54, 1.807) is 6.26 Å². The molecule has 1 aliphatic heterocycles. The van der Waals surface area contributed by atoms with Gasteiger partial charge in [0.15, 0.2) is 5.78 Å². The Balaban J connectivity index is 0.00000320. The summed E-state index contributed by atoms with van der Waals surface area (Å²) in [7, 11) is -0.994. The molecule has 3 rings (SSSR count). The third kappa shape index (κ3) is 6.45. The minimum Gasteiger partial charge on any atom is -0.355 e. The minimum atomic E-state index is -0.994. The van der Waals surface area contributed by atoms with Gasteiger partial charge in [-0.3, -0.25) is 18.7 Å². The van der Waals surface area contributed by atoms with Crippen molar-refractivity contribution < 1.29 is 18.2 Å². The summed E-state index contributed by atoms with van der Waals surface area (Å²) in [5.74, 6) is -1.38. The molecular formula is C22H26ClFN2O3S. The van der Waals surface area contributed by atoms with E-state index in [2.05, 4.69) is 10.2 Å². The van der Waals surface area contributed by atoms with Crippen LogP contribution in [0.25, 0.3) is 0 Å². The summed E-state index contributed by atoms with van der Waals surface area (Å²) in [5, 5.41) is 2.81. The lowest BCUT2D eigenvalue weighted by Crippen LogP contribution is -2.39. The normalized spacial score (nSPS) is 19.7. The second kappa shape index (κ2) is 11.3. The molecule has 1 fully saturated rings. The second-order valence-corrected chi connectivity index (χ2v) is 8.89. The summed E-state index contributed by atoms with van der Waals surface area (Å²) in [6.07, 6.45) is 1.59. The van der Waals surface area contributed by atoms with Crippen LogP contribution in [0.4, 0.5) is 4.39 Å².